The molecule has 16 heavy (non-hydrogen) atoms. The number of nitrogens with two attached hydrogens (primary N) is 1. The van der Waals surface area contributed by atoms with Crippen LogP contribution in [-0.4, -0.2) is 26.6 Å². The Morgan fingerprint density at radius 1 is 1.38 bits per heavy atom. The number of nitrogens with zero attached hydrogens (tertiary/aromatic N) is 5. The molecule has 0 aliphatic heterocycles. The molecule has 2 N–H and O–H groups in total. The van der Waals surface area contributed by atoms with Crippen LogP contribution < -0.4 is 16.5 Å². The molecule has 0 aliphatic carbocycles. The molecule has 0 atom stereocenters. The number of rotatable bonds is 2. The van der Waals surface area contributed by atoms with Gasteiger partial charge in [-0.05, 0) is 12.1 Å². The van der Waals surface area contributed by atoms with E-state index < -0.39 is 5.69 Å². The lowest BCUT2D eigenvalue weighted by molar-refractivity contribution is 0.818. The van der Waals surface area contributed by atoms with Crippen LogP contribution in [-0.2, 0) is 0 Å². The zero-order valence-corrected chi connectivity index (χ0v) is 8.61. The molecule has 2 aromatic heterocycles. The van der Waals surface area contributed by atoms with Crippen LogP contribution in [0, 0.1) is 0 Å². The minimum Gasteiger partial charge on any atom is -0.282 e. The summed E-state index contributed by atoms with van der Waals surface area (Å²) in [5.74, 6) is 5.60. The predicted molar refractivity (Wildman–Crippen MR) is 58.0 cm³/mol. The fourth-order valence-corrected chi connectivity index (χ4v) is 1.18. The lowest BCUT2D eigenvalue weighted by atomic mass is 10.4. The topological polar surface area (TPSA) is 89.9 Å². The van der Waals surface area contributed by atoms with Crippen molar-refractivity contribution in [3.63, 3.8) is 0 Å². The molecule has 0 spiro atoms. The number of hydrazine groups is 1. The van der Waals surface area contributed by atoms with Crippen molar-refractivity contribution in [2.45, 2.75) is 0 Å². The molecule has 2 aromatic rings. The first-order chi connectivity index (χ1) is 7.68. The van der Waals surface area contributed by atoms with Crippen molar-refractivity contribution >= 4 is 5.95 Å². The monoisotopic (exact) mass is 218 g/mol. The molecular formula is C9H10N6O. The van der Waals surface area contributed by atoms with Crippen LogP contribution in [0.1, 0.15) is 0 Å². The molecule has 0 amide bonds. The Balaban J connectivity index is 2.49. The molecule has 0 aromatic carbocycles. The summed E-state index contributed by atoms with van der Waals surface area (Å²) in [4.78, 5) is 23.2. The van der Waals surface area contributed by atoms with Gasteiger partial charge in [-0.1, -0.05) is 0 Å². The maximum atomic E-state index is 11.7. The smallest absolute Gasteiger partial charge is 0.282 e. The first-order valence-electron chi connectivity index (χ1n) is 4.53. The largest absolute Gasteiger partial charge is 0.356 e. The van der Waals surface area contributed by atoms with Gasteiger partial charge >= 0.3 is 5.69 Å². The molecule has 0 bridgehead atoms. The maximum Gasteiger partial charge on any atom is 0.356 e. The van der Waals surface area contributed by atoms with E-state index in [9.17, 15) is 4.79 Å². The van der Waals surface area contributed by atoms with Crippen LogP contribution in [0.3, 0.4) is 0 Å². The average molecular weight is 218 g/mol. The minimum absolute atomic E-state index is 0.176. The summed E-state index contributed by atoms with van der Waals surface area (Å²) in [5.41, 5.74) is 0.222. The highest BCUT2D eigenvalue weighted by Gasteiger charge is 2.04. The summed E-state index contributed by atoms with van der Waals surface area (Å²) in [6.45, 7) is 0. The van der Waals surface area contributed by atoms with Crippen LogP contribution in [0.5, 0.6) is 0 Å². The fraction of sp³-hybridized carbons (Fsp3) is 0.111. The third-order valence-electron chi connectivity index (χ3n) is 1.95. The van der Waals surface area contributed by atoms with Crippen molar-refractivity contribution in [3.05, 3.63) is 41.3 Å². The van der Waals surface area contributed by atoms with Gasteiger partial charge in [0.25, 0.3) is 0 Å². The number of aromatic nitrogens is 4. The zero-order chi connectivity index (χ0) is 11.5. The highest BCUT2D eigenvalue weighted by molar-refractivity contribution is 5.30. The third-order valence-corrected chi connectivity index (χ3v) is 1.95. The summed E-state index contributed by atoms with van der Waals surface area (Å²) in [6.07, 6.45) is 4.55. The van der Waals surface area contributed by atoms with E-state index in [1.165, 1.54) is 15.9 Å². The van der Waals surface area contributed by atoms with Crippen molar-refractivity contribution in [1.82, 2.24) is 19.5 Å². The SMILES string of the molecule is CN(N)c1ncn(-c2ccncc2)c(=O)n1. The standard InChI is InChI=1S/C9H10N6O/c1-14(10)8-12-6-15(9(16)13-8)7-2-4-11-5-3-7/h2-6H,10H2,1H3. The van der Waals surface area contributed by atoms with E-state index in [1.807, 2.05) is 0 Å². The lowest BCUT2D eigenvalue weighted by Gasteiger charge is -2.09. The fourth-order valence-electron chi connectivity index (χ4n) is 1.18. The van der Waals surface area contributed by atoms with Crippen LogP contribution in [0.2, 0.25) is 0 Å². The molecule has 2 rings (SSSR count). The second kappa shape index (κ2) is 4.07. The van der Waals surface area contributed by atoms with Crippen molar-refractivity contribution < 1.29 is 0 Å². The first-order valence-corrected chi connectivity index (χ1v) is 4.53. The number of anilines is 1. The second-order valence-corrected chi connectivity index (χ2v) is 3.13. The van der Waals surface area contributed by atoms with E-state index in [1.54, 1.807) is 31.6 Å². The average Bonchev–Trinajstić information content (AvgIpc) is 2.30. The quantitative estimate of drug-likeness (QED) is 0.531. The van der Waals surface area contributed by atoms with Crippen LogP contribution in [0.4, 0.5) is 5.95 Å². The van der Waals surface area contributed by atoms with E-state index in [0.717, 1.165) is 0 Å². The molecular weight excluding hydrogens is 208 g/mol. The molecule has 7 heteroatoms. The van der Waals surface area contributed by atoms with Gasteiger partial charge in [0.05, 0.1) is 5.69 Å². The molecule has 0 aliphatic rings. The summed E-state index contributed by atoms with van der Waals surface area (Å²) in [7, 11) is 1.56. The molecule has 0 saturated heterocycles. The molecule has 7 nitrogen and oxygen atoms in total. The van der Waals surface area contributed by atoms with Gasteiger partial charge in [0.2, 0.25) is 5.95 Å². The van der Waals surface area contributed by atoms with Crippen LogP contribution in [0.15, 0.2) is 35.6 Å². The molecule has 2 heterocycles. The summed E-state index contributed by atoms with van der Waals surface area (Å²) in [6, 6.07) is 3.38. The van der Waals surface area contributed by atoms with E-state index in [0.29, 0.717) is 5.69 Å². The van der Waals surface area contributed by atoms with E-state index in [2.05, 4.69) is 15.0 Å². The van der Waals surface area contributed by atoms with Crippen molar-refractivity contribution in [1.29, 1.82) is 0 Å². The number of hydrogen-bond donors (Lipinski definition) is 1. The highest BCUT2D eigenvalue weighted by Crippen LogP contribution is 2.01. The summed E-state index contributed by atoms with van der Waals surface area (Å²) in [5, 5.41) is 1.18. The molecule has 82 valence electrons. The third kappa shape index (κ3) is 1.89. The Bertz CT molecular complexity index is 535. The lowest BCUT2D eigenvalue weighted by Crippen LogP contribution is -2.32. The van der Waals surface area contributed by atoms with Gasteiger partial charge < -0.3 is 0 Å². The normalized spacial score (nSPS) is 10.1. The summed E-state index contributed by atoms with van der Waals surface area (Å²) < 4.78 is 1.31. The van der Waals surface area contributed by atoms with Crippen molar-refractivity contribution in [3.8, 4) is 5.69 Å². The van der Waals surface area contributed by atoms with E-state index in [-0.39, 0.29) is 5.95 Å². The molecule has 0 radical (unpaired) electrons. The van der Waals surface area contributed by atoms with Gasteiger partial charge in [0.15, 0.2) is 0 Å². The first kappa shape index (κ1) is 10.2. The van der Waals surface area contributed by atoms with Gasteiger partial charge in [-0.25, -0.2) is 15.6 Å². The van der Waals surface area contributed by atoms with E-state index in [4.69, 9.17) is 5.84 Å². The maximum absolute atomic E-state index is 11.7. The van der Waals surface area contributed by atoms with Crippen molar-refractivity contribution in [2.24, 2.45) is 5.84 Å². The Morgan fingerprint density at radius 3 is 2.62 bits per heavy atom. The van der Waals surface area contributed by atoms with Crippen LogP contribution >= 0.6 is 0 Å². The summed E-state index contributed by atoms with van der Waals surface area (Å²) >= 11 is 0. The Hall–Kier alpha value is -2.28. The molecule has 0 unspecified atom stereocenters. The zero-order valence-electron chi connectivity index (χ0n) is 8.61. The van der Waals surface area contributed by atoms with Gasteiger partial charge in [0.1, 0.15) is 6.33 Å². The van der Waals surface area contributed by atoms with Gasteiger partial charge in [-0.2, -0.15) is 4.98 Å². The molecule has 0 fully saturated rings. The Labute approximate surface area is 91.2 Å². The van der Waals surface area contributed by atoms with Crippen LogP contribution in [0.25, 0.3) is 5.69 Å². The highest BCUT2D eigenvalue weighted by atomic mass is 16.1. The number of hydrogen-bond acceptors (Lipinski definition) is 6. The van der Waals surface area contributed by atoms with Gasteiger partial charge in [0, 0.05) is 19.4 Å². The van der Waals surface area contributed by atoms with E-state index >= 15 is 0 Å². The second-order valence-electron chi connectivity index (χ2n) is 3.13. The predicted octanol–water partition coefficient (Wildman–Crippen LogP) is -0.668. The van der Waals surface area contributed by atoms with Crippen molar-refractivity contribution in [2.75, 3.05) is 12.1 Å². The Morgan fingerprint density at radius 2 is 2.06 bits per heavy atom. The molecule has 0 saturated carbocycles. The number of pyridine rings is 1. The Kier molecular flexibility index (Phi) is 2.61. The van der Waals surface area contributed by atoms with Gasteiger partial charge in [-0.3, -0.25) is 14.6 Å². The van der Waals surface area contributed by atoms with Gasteiger partial charge in [-0.15, -0.1) is 0 Å². The minimum atomic E-state index is -0.437.